The predicted molar refractivity (Wildman–Crippen MR) is 122 cm³/mol. The molecule has 2 N–H and O–H groups in total. The lowest BCUT2D eigenvalue weighted by atomic mass is 10.1. The Morgan fingerprint density at radius 1 is 1.13 bits per heavy atom. The fourth-order valence-electron chi connectivity index (χ4n) is 3.24. The number of hydrogen-bond donors (Lipinski definition) is 2. The van der Waals surface area contributed by atoms with Crippen molar-refractivity contribution in [2.45, 2.75) is 27.2 Å². The SMILES string of the molecule is Cc1cccc(NC(=NCCc2c(C)nn(C)c2C)NC(=O)c2cccc(Cl)c2)c1. The second-order valence-electron chi connectivity index (χ2n) is 7.21. The molecule has 0 aliphatic rings. The summed E-state index contributed by atoms with van der Waals surface area (Å²) >= 11 is 6.02. The van der Waals surface area contributed by atoms with Crippen molar-refractivity contribution in [3.8, 4) is 0 Å². The molecule has 0 bridgehead atoms. The van der Waals surface area contributed by atoms with Gasteiger partial charge in [0, 0.05) is 35.6 Å². The van der Waals surface area contributed by atoms with Crippen LogP contribution in [0.15, 0.2) is 53.5 Å². The van der Waals surface area contributed by atoms with Crippen molar-refractivity contribution >= 4 is 29.2 Å². The Morgan fingerprint density at radius 2 is 1.90 bits per heavy atom. The number of nitrogens with one attached hydrogen (secondary N) is 2. The summed E-state index contributed by atoms with van der Waals surface area (Å²) in [6.07, 6.45) is 0.734. The third-order valence-electron chi connectivity index (χ3n) is 4.89. The van der Waals surface area contributed by atoms with Gasteiger partial charge in [-0.25, -0.2) is 0 Å². The minimum atomic E-state index is -0.273. The van der Waals surface area contributed by atoms with E-state index >= 15 is 0 Å². The van der Waals surface area contributed by atoms with Gasteiger partial charge in [0.05, 0.1) is 5.69 Å². The van der Waals surface area contributed by atoms with E-state index in [9.17, 15) is 4.79 Å². The Bertz CT molecular complexity index is 1090. The predicted octanol–water partition coefficient (Wildman–Crippen LogP) is 4.44. The molecule has 6 nitrogen and oxygen atoms in total. The largest absolute Gasteiger partial charge is 0.326 e. The van der Waals surface area contributed by atoms with Gasteiger partial charge in [0.15, 0.2) is 0 Å². The van der Waals surface area contributed by atoms with Gasteiger partial charge in [0.25, 0.3) is 5.91 Å². The van der Waals surface area contributed by atoms with Crippen LogP contribution in [0.1, 0.15) is 32.9 Å². The molecule has 156 valence electrons. The Balaban J connectivity index is 1.79. The summed E-state index contributed by atoms with van der Waals surface area (Å²) < 4.78 is 1.88. The molecule has 1 heterocycles. The van der Waals surface area contributed by atoms with Crippen LogP contribution in [-0.4, -0.2) is 28.2 Å². The number of guanidine groups is 1. The highest BCUT2D eigenvalue weighted by Crippen LogP contribution is 2.14. The first-order valence-corrected chi connectivity index (χ1v) is 10.2. The Kier molecular flexibility index (Phi) is 6.90. The molecule has 2 aromatic carbocycles. The molecule has 3 rings (SSSR count). The summed E-state index contributed by atoms with van der Waals surface area (Å²) in [5.41, 5.74) is 5.74. The van der Waals surface area contributed by atoms with Crippen LogP contribution in [0.3, 0.4) is 0 Å². The molecular formula is C23H26ClN5O. The minimum Gasteiger partial charge on any atom is -0.326 e. The third kappa shape index (κ3) is 5.48. The number of aliphatic imine (C=N–C) groups is 1. The van der Waals surface area contributed by atoms with Gasteiger partial charge in [-0.05, 0) is 68.7 Å². The summed E-state index contributed by atoms with van der Waals surface area (Å²) in [5, 5.41) is 11.1. The fourth-order valence-corrected chi connectivity index (χ4v) is 3.43. The highest BCUT2D eigenvalue weighted by Gasteiger charge is 2.12. The second kappa shape index (κ2) is 9.59. The monoisotopic (exact) mass is 423 g/mol. The van der Waals surface area contributed by atoms with E-state index in [1.165, 1.54) is 5.56 Å². The van der Waals surface area contributed by atoms with Crippen LogP contribution in [-0.2, 0) is 13.5 Å². The van der Waals surface area contributed by atoms with Crippen molar-refractivity contribution in [3.05, 3.63) is 81.6 Å². The molecule has 1 amide bonds. The van der Waals surface area contributed by atoms with Crippen LogP contribution in [0.25, 0.3) is 0 Å². The van der Waals surface area contributed by atoms with Gasteiger partial charge in [-0.15, -0.1) is 0 Å². The van der Waals surface area contributed by atoms with Crippen molar-refractivity contribution in [3.63, 3.8) is 0 Å². The summed E-state index contributed by atoms with van der Waals surface area (Å²) in [5.74, 6) is 0.120. The number of carbonyl (C=O) groups excluding carboxylic acids is 1. The fraction of sp³-hybridized carbons (Fsp3) is 0.261. The van der Waals surface area contributed by atoms with Crippen LogP contribution in [0.5, 0.6) is 0 Å². The molecule has 1 aromatic heterocycles. The van der Waals surface area contributed by atoms with Crippen molar-refractivity contribution in [2.75, 3.05) is 11.9 Å². The number of aromatic nitrogens is 2. The van der Waals surface area contributed by atoms with Crippen LogP contribution in [0.4, 0.5) is 5.69 Å². The number of rotatable bonds is 5. The zero-order chi connectivity index (χ0) is 21.7. The lowest BCUT2D eigenvalue weighted by Crippen LogP contribution is -2.36. The van der Waals surface area contributed by atoms with E-state index < -0.39 is 0 Å². The van der Waals surface area contributed by atoms with Crippen molar-refractivity contribution in [2.24, 2.45) is 12.0 Å². The first kappa shape index (κ1) is 21.6. The number of halogens is 1. The highest BCUT2D eigenvalue weighted by molar-refractivity contribution is 6.31. The number of carbonyl (C=O) groups is 1. The first-order chi connectivity index (χ1) is 14.3. The Labute approximate surface area is 182 Å². The van der Waals surface area contributed by atoms with E-state index in [1.807, 2.05) is 56.8 Å². The molecule has 0 aliphatic carbocycles. The van der Waals surface area contributed by atoms with Crippen LogP contribution < -0.4 is 10.6 Å². The van der Waals surface area contributed by atoms with Crippen LogP contribution >= 0.6 is 11.6 Å². The lowest BCUT2D eigenvalue weighted by molar-refractivity contribution is 0.0977. The smallest absolute Gasteiger partial charge is 0.258 e. The zero-order valence-corrected chi connectivity index (χ0v) is 18.4. The molecule has 0 saturated heterocycles. The van der Waals surface area contributed by atoms with Gasteiger partial charge in [0.1, 0.15) is 0 Å². The molecule has 0 unspecified atom stereocenters. The van der Waals surface area contributed by atoms with Crippen LogP contribution in [0.2, 0.25) is 5.02 Å². The van der Waals surface area contributed by atoms with Gasteiger partial charge in [0.2, 0.25) is 5.96 Å². The maximum Gasteiger partial charge on any atom is 0.258 e. The van der Waals surface area contributed by atoms with E-state index in [-0.39, 0.29) is 5.91 Å². The first-order valence-electron chi connectivity index (χ1n) is 9.77. The number of aryl methyl sites for hydroxylation is 3. The molecular weight excluding hydrogens is 398 g/mol. The molecule has 0 aliphatic heterocycles. The molecule has 0 saturated carbocycles. The third-order valence-corrected chi connectivity index (χ3v) is 5.13. The maximum absolute atomic E-state index is 12.7. The standard InChI is InChI=1S/C23H26ClN5O/c1-15-7-5-10-20(13-15)26-23(27-22(30)18-8-6-9-19(24)14-18)25-12-11-21-16(2)28-29(4)17(21)3/h5-10,13-14H,11-12H2,1-4H3,(H2,25,26,27,30). The van der Waals surface area contributed by atoms with Crippen molar-refractivity contribution < 1.29 is 4.79 Å². The number of hydrogen-bond acceptors (Lipinski definition) is 3. The molecule has 0 spiro atoms. The topological polar surface area (TPSA) is 71.3 Å². The minimum absolute atomic E-state index is 0.273. The summed E-state index contributed by atoms with van der Waals surface area (Å²) in [6.45, 7) is 6.57. The molecule has 0 atom stereocenters. The quantitative estimate of drug-likeness (QED) is 0.470. The van der Waals surface area contributed by atoms with Gasteiger partial charge in [-0.3, -0.25) is 19.8 Å². The van der Waals surface area contributed by atoms with Crippen molar-refractivity contribution in [1.29, 1.82) is 0 Å². The van der Waals surface area contributed by atoms with E-state index in [1.54, 1.807) is 24.3 Å². The number of benzene rings is 2. The Morgan fingerprint density at radius 3 is 2.57 bits per heavy atom. The van der Waals surface area contributed by atoms with E-state index in [0.717, 1.165) is 29.1 Å². The van der Waals surface area contributed by atoms with E-state index in [4.69, 9.17) is 11.6 Å². The average molecular weight is 424 g/mol. The molecule has 0 radical (unpaired) electrons. The van der Waals surface area contributed by atoms with Gasteiger partial charge in [-0.2, -0.15) is 5.10 Å². The van der Waals surface area contributed by atoms with Gasteiger partial charge >= 0.3 is 0 Å². The maximum atomic E-state index is 12.7. The summed E-state index contributed by atoms with van der Waals surface area (Å²) in [7, 11) is 1.94. The normalized spacial score (nSPS) is 11.4. The lowest BCUT2D eigenvalue weighted by Gasteiger charge is -2.13. The van der Waals surface area contributed by atoms with E-state index in [2.05, 4.69) is 20.7 Å². The van der Waals surface area contributed by atoms with Crippen molar-refractivity contribution in [1.82, 2.24) is 15.1 Å². The van der Waals surface area contributed by atoms with Gasteiger partial charge < -0.3 is 5.32 Å². The van der Waals surface area contributed by atoms with Crippen LogP contribution in [0, 0.1) is 20.8 Å². The van der Waals surface area contributed by atoms with Gasteiger partial charge in [-0.1, -0.05) is 29.8 Å². The molecule has 0 fully saturated rings. The average Bonchev–Trinajstić information content (AvgIpc) is 2.94. The highest BCUT2D eigenvalue weighted by atomic mass is 35.5. The number of nitrogens with zero attached hydrogens (tertiary/aromatic N) is 3. The second-order valence-corrected chi connectivity index (χ2v) is 7.65. The summed E-state index contributed by atoms with van der Waals surface area (Å²) in [4.78, 5) is 17.3. The van der Waals surface area contributed by atoms with E-state index in [0.29, 0.717) is 23.1 Å². The molecule has 7 heteroatoms. The Hall–Kier alpha value is -3.12. The number of anilines is 1. The molecule has 3 aromatic rings. The number of amides is 1. The molecule has 30 heavy (non-hydrogen) atoms. The summed E-state index contributed by atoms with van der Waals surface area (Å²) in [6, 6.07) is 14.7. The zero-order valence-electron chi connectivity index (χ0n) is 17.7.